The summed E-state index contributed by atoms with van der Waals surface area (Å²) in [5.41, 5.74) is 0.214. The highest BCUT2D eigenvalue weighted by Crippen LogP contribution is 2.40. The average molecular weight is 507 g/mol. The molecule has 5 nitrogen and oxygen atoms in total. The van der Waals surface area contributed by atoms with Gasteiger partial charge in [-0.3, -0.25) is 0 Å². The van der Waals surface area contributed by atoms with E-state index in [9.17, 15) is 23.1 Å². The summed E-state index contributed by atoms with van der Waals surface area (Å²) >= 11 is 0. The van der Waals surface area contributed by atoms with Gasteiger partial charge in [-0.05, 0) is 53.6 Å². The number of carboxylic acid groups (broad SMARTS) is 1. The van der Waals surface area contributed by atoms with Gasteiger partial charge in [0.05, 0.1) is 23.4 Å². The molecule has 1 heterocycles. The van der Waals surface area contributed by atoms with Crippen LogP contribution in [0, 0.1) is 0 Å². The number of rotatable bonds is 6. The van der Waals surface area contributed by atoms with E-state index in [1.807, 2.05) is 24.3 Å². The van der Waals surface area contributed by atoms with Crippen molar-refractivity contribution in [2.45, 2.75) is 25.2 Å². The summed E-state index contributed by atoms with van der Waals surface area (Å²) in [6.07, 6.45) is -5.10. The van der Waals surface area contributed by atoms with E-state index in [-0.39, 0.29) is 12.1 Å². The van der Waals surface area contributed by atoms with Crippen molar-refractivity contribution >= 4 is 28.1 Å². The summed E-state index contributed by atoms with van der Waals surface area (Å²) in [4.78, 5) is 13.5. The number of hydrogen-bond acceptors (Lipinski definition) is 4. The van der Waals surface area contributed by atoms with E-state index < -0.39 is 23.3 Å². The monoisotopic (exact) mass is 506 g/mol. The van der Waals surface area contributed by atoms with Crippen molar-refractivity contribution < 1.29 is 27.8 Å². The average Bonchev–Trinajstić information content (AvgIpc) is 2.90. The Morgan fingerprint density at radius 1 is 1.05 bits per heavy atom. The number of fused-ring (bicyclic) bond motifs is 2. The molecule has 1 unspecified atom stereocenters. The number of ether oxygens (including phenoxy) is 1. The number of alkyl halides is 3. The molecule has 0 aromatic heterocycles. The number of para-hydroxylation sites is 2. The molecule has 4 aromatic carbocycles. The summed E-state index contributed by atoms with van der Waals surface area (Å²) in [6.45, 7) is 2.88. The second kappa shape index (κ2) is 9.78. The van der Waals surface area contributed by atoms with Crippen LogP contribution >= 0.6 is 0 Å². The van der Waals surface area contributed by atoms with Crippen molar-refractivity contribution in [1.82, 2.24) is 5.32 Å². The Bertz CT molecular complexity index is 1450. The molecular formula is C29H25F3N2O3. The number of aromatic carboxylic acids is 1. The Morgan fingerprint density at radius 3 is 2.57 bits per heavy atom. The zero-order valence-corrected chi connectivity index (χ0v) is 20.0. The molecule has 8 heteroatoms. The quantitative estimate of drug-likeness (QED) is 0.301. The van der Waals surface area contributed by atoms with Gasteiger partial charge in [0, 0.05) is 18.3 Å². The number of carbonyl (C=O) groups is 1. The highest BCUT2D eigenvalue weighted by Gasteiger charge is 2.36. The van der Waals surface area contributed by atoms with Gasteiger partial charge in [0.15, 0.2) is 0 Å². The number of halogens is 3. The van der Waals surface area contributed by atoms with Crippen molar-refractivity contribution in [3.8, 4) is 5.75 Å². The number of hydrogen-bond donors (Lipinski definition) is 2. The molecule has 1 aliphatic rings. The Kier molecular flexibility index (Phi) is 6.52. The molecule has 190 valence electrons. The third kappa shape index (κ3) is 4.97. The Labute approximate surface area is 212 Å². The van der Waals surface area contributed by atoms with Gasteiger partial charge in [-0.1, -0.05) is 54.6 Å². The molecule has 5 rings (SSSR count). The summed E-state index contributed by atoms with van der Waals surface area (Å²) in [7, 11) is 0. The zero-order chi connectivity index (χ0) is 26.2. The molecule has 0 aliphatic carbocycles. The fourth-order valence-corrected chi connectivity index (χ4v) is 4.82. The number of anilines is 2. The van der Waals surface area contributed by atoms with E-state index in [2.05, 4.69) is 36.5 Å². The Balaban J connectivity index is 1.41. The lowest BCUT2D eigenvalue weighted by Crippen LogP contribution is -2.44. The molecule has 37 heavy (non-hydrogen) atoms. The van der Waals surface area contributed by atoms with Gasteiger partial charge in [0.1, 0.15) is 11.9 Å². The molecule has 2 atom stereocenters. The smallest absolute Gasteiger partial charge is 0.417 e. The molecular weight excluding hydrogens is 481 g/mol. The van der Waals surface area contributed by atoms with Gasteiger partial charge in [0.2, 0.25) is 0 Å². The van der Waals surface area contributed by atoms with Crippen LogP contribution in [0.1, 0.15) is 34.5 Å². The third-order valence-electron chi connectivity index (χ3n) is 6.63. The summed E-state index contributed by atoms with van der Waals surface area (Å²) < 4.78 is 46.4. The van der Waals surface area contributed by atoms with E-state index in [0.717, 1.165) is 28.5 Å². The SMILES string of the molecule is C[C@@H](NCC1CN(c2ccc(C(F)(F)F)c(C(=O)O)c2)c2ccccc2O1)c1cccc2ccccc12. The number of carboxylic acids is 1. The molecule has 0 fully saturated rings. The van der Waals surface area contributed by atoms with E-state index in [1.54, 1.807) is 23.1 Å². The fourth-order valence-electron chi connectivity index (χ4n) is 4.82. The van der Waals surface area contributed by atoms with E-state index in [4.69, 9.17) is 4.74 Å². The second-order valence-corrected chi connectivity index (χ2v) is 9.05. The summed E-state index contributed by atoms with van der Waals surface area (Å²) in [5, 5.41) is 15.3. The van der Waals surface area contributed by atoms with Crippen molar-refractivity contribution in [1.29, 1.82) is 0 Å². The first-order chi connectivity index (χ1) is 17.7. The van der Waals surface area contributed by atoms with Crippen LogP contribution in [0.2, 0.25) is 0 Å². The maximum atomic E-state index is 13.4. The molecule has 0 saturated carbocycles. The lowest BCUT2D eigenvalue weighted by Gasteiger charge is -2.37. The first-order valence-corrected chi connectivity index (χ1v) is 11.9. The summed E-state index contributed by atoms with van der Waals surface area (Å²) in [5.74, 6) is -1.05. The lowest BCUT2D eigenvalue weighted by molar-refractivity contribution is -0.138. The van der Waals surface area contributed by atoms with Gasteiger partial charge in [-0.15, -0.1) is 0 Å². The van der Waals surface area contributed by atoms with Crippen LogP contribution in [-0.4, -0.2) is 30.3 Å². The zero-order valence-electron chi connectivity index (χ0n) is 20.0. The van der Waals surface area contributed by atoms with Gasteiger partial charge in [-0.2, -0.15) is 13.2 Å². The van der Waals surface area contributed by atoms with Crippen molar-refractivity contribution in [2.24, 2.45) is 0 Å². The number of nitrogens with zero attached hydrogens (tertiary/aromatic N) is 1. The minimum Gasteiger partial charge on any atom is -0.485 e. The number of benzene rings is 4. The minimum atomic E-state index is -4.76. The third-order valence-corrected chi connectivity index (χ3v) is 6.63. The molecule has 0 amide bonds. The van der Waals surface area contributed by atoms with Gasteiger partial charge < -0.3 is 20.1 Å². The van der Waals surface area contributed by atoms with Crippen molar-refractivity contribution in [3.63, 3.8) is 0 Å². The van der Waals surface area contributed by atoms with Crippen LogP contribution < -0.4 is 15.0 Å². The lowest BCUT2D eigenvalue weighted by atomic mass is 9.99. The van der Waals surface area contributed by atoms with E-state index in [0.29, 0.717) is 30.2 Å². The van der Waals surface area contributed by atoms with Crippen LogP contribution in [0.5, 0.6) is 5.75 Å². The topological polar surface area (TPSA) is 61.8 Å². The normalized spacial score (nSPS) is 16.2. The molecule has 0 saturated heterocycles. The maximum Gasteiger partial charge on any atom is 0.417 e. The van der Waals surface area contributed by atoms with Gasteiger partial charge in [0.25, 0.3) is 0 Å². The highest BCUT2D eigenvalue weighted by molar-refractivity contribution is 5.91. The molecule has 1 aliphatic heterocycles. The second-order valence-electron chi connectivity index (χ2n) is 9.05. The van der Waals surface area contributed by atoms with Gasteiger partial charge in [-0.25, -0.2) is 4.79 Å². The fraction of sp³-hybridized carbons (Fsp3) is 0.207. The molecule has 0 radical (unpaired) electrons. The molecule has 0 bridgehead atoms. The van der Waals surface area contributed by atoms with Crippen LogP contribution in [-0.2, 0) is 6.18 Å². The highest BCUT2D eigenvalue weighted by atomic mass is 19.4. The largest absolute Gasteiger partial charge is 0.485 e. The molecule has 2 N–H and O–H groups in total. The van der Waals surface area contributed by atoms with Crippen LogP contribution in [0.15, 0.2) is 84.9 Å². The standard InChI is InChI=1S/C29H25F3N2O3/c1-18(22-10-6-8-19-7-2-3-9-23(19)22)33-16-21-17-34(26-11-4-5-12-27(26)37-21)20-13-14-25(29(30,31)32)24(15-20)28(35)36/h2-15,18,21,33H,16-17H2,1H3,(H,35,36)/t18-,21?/m1/s1. The van der Waals surface area contributed by atoms with Crippen LogP contribution in [0.25, 0.3) is 10.8 Å². The number of nitrogens with one attached hydrogen (secondary N) is 1. The predicted octanol–water partition coefficient (Wildman–Crippen LogP) is 6.81. The molecule has 4 aromatic rings. The predicted molar refractivity (Wildman–Crippen MR) is 137 cm³/mol. The first kappa shape index (κ1) is 24.6. The van der Waals surface area contributed by atoms with Crippen molar-refractivity contribution in [2.75, 3.05) is 18.0 Å². The minimum absolute atomic E-state index is 0.0185. The Hall–Kier alpha value is -4.04. The summed E-state index contributed by atoms with van der Waals surface area (Å²) in [6, 6.07) is 24.8. The van der Waals surface area contributed by atoms with E-state index >= 15 is 0 Å². The molecule has 0 spiro atoms. The van der Waals surface area contributed by atoms with Gasteiger partial charge >= 0.3 is 12.1 Å². The maximum absolute atomic E-state index is 13.4. The van der Waals surface area contributed by atoms with E-state index in [1.165, 1.54) is 6.07 Å². The Morgan fingerprint density at radius 2 is 1.78 bits per heavy atom. The van der Waals surface area contributed by atoms with Crippen LogP contribution in [0.4, 0.5) is 24.5 Å². The van der Waals surface area contributed by atoms with Crippen LogP contribution in [0.3, 0.4) is 0 Å². The van der Waals surface area contributed by atoms with Crippen molar-refractivity contribution in [3.05, 3.63) is 102 Å². The first-order valence-electron chi connectivity index (χ1n) is 11.9.